The van der Waals surface area contributed by atoms with Crippen LogP contribution in [-0.2, 0) is 17.6 Å². The van der Waals surface area contributed by atoms with Crippen molar-refractivity contribution in [2.45, 2.75) is 50.6 Å². The molecular formula is C24H26F5N3O2S. The van der Waals surface area contributed by atoms with Gasteiger partial charge in [-0.1, -0.05) is 6.07 Å². The number of carbonyl (C=O) groups excluding carboxylic acids is 1. The highest BCUT2D eigenvalue weighted by Gasteiger charge is 2.47. The van der Waals surface area contributed by atoms with Gasteiger partial charge in [0.15, 0.2) is 6.04 Å². The molecule has 4 rings (SSSR count). The Morgan fingerprint density at radius 2 is 1.86 bits per heavy atom. The zero-order chi connectivity index (χ0) is 25.2. The summed E-state index contributed by atoms with van der Waals surface area (Å²) in [4.78, 5) is 17.6. The number of ether oxygens (including phenoxy) is 1. The number of pyridine rings is 1. The lowest BCUT2D eigenvalue weighted by molar-refractivity contribution is -0.191. The van der Waals surface area contributed by atoms with Crippen LogP contribution in [0.2, 0.25) is 0 Å². The van der Waals surface area contributed by atoms with Crippen molar-refractivity contribution in [3.8, 4) is 5.75 Å². The number of aromatic nitrogens is 1. The van der Waals surface area contributed by atoms with E-state index < -0.39 is 30.7 Å². The second-order valence-electron chi connectivity index (χ2n) is 8.81. The molecule has 190 valence electrons. The Kier molecular flexibility index (Phi) is 7.73. The average Bonchev–Trinajstić information content (AvgIpc) is 3.20. The Morgan fingerprint density at radius 1 is 1.14 bits per heavy atom. The highest BCUT2D eigenvalue weighted by molar-refractivity contribution is 7.99. The highest BCUT2D eigenvalue weighted by atomic mass is 32.2. The fourth-order valence-corrected chi connectivity index (χ4v) is 5.81. The first kappa shape index (κ1) is 25.5. The van der Waals surface area contributed by atoms with E-state index in [1.807, 2.05) is 0 Å². The van der Waals surface area contributed by atoms with Crippen molar-refractivity contribution in [2.24, 2.45) is 5.92 Å². The number of carbonyl (C=O) groups is 1. The van der Waals surface area contributed by atoms with E-state index in [9.17, 15) is 26.7 Å². The zero-order valence-electron chi connectivity index (χ0n) is 19.0. The van der Waals surface area contributed by atoms with Crippen LogP contribution in [0.3, 0.4) is 0 Å². The molecule has 1 aliphatic heterocycles. The first-order valence-electron chi connectivity index (χ1n) is 11.3. The summed E-state index contributed by atoms with van der Waals surface area (Å²) < 4.78 is 71.2. The number of halogens is 5. The van der Waals surface area contributed by atoms with Crippen molar-refractivity contribution in [1.82, 2.24) is 9.88 Å². The van der Waals surface area contributed by atoms with Crippen molar-refractivity contribution in [2.75, 3.05) is 23.9 Å². The molecule has 2 aromatic rings. The lowest BCUT2D eigenvalue weighted by Gasteiger charge is -2.33. The smallest absolute Gasteiger partial charge is 0.414 e. The Morgan fingerprint density at radius 3 is 2.49 bits per heavy atom. The van der Waals surface area contributed by atoms with Gasteiger partial charge in [0.05, 0.1) is 17.6 Å². The van der Waals surface area contributed by atoms with Crippen LogP contribution in [0.5, 0.6) is 5.75 Å². The molecule has 2 unspecified atom stereocenters. The number of thioether (sulfide) groups is 1. The number of hydrogen-bond acceptors (Lipinski definition) is 5. The fourth-order valence-electron chi connectivity index (χ4n) is 4.71. The maximum atomic E-state index is 14.0. The van der Waals surface area contributed by atoms with Crippen molar-refractivity contribution in [1.29, 1.82) is 0 Å². The summed E-state index contributed by atoms with van der Waals surface area (Å²) in [6, 6.07) is 5.43. The first-order chi connectivity index (χ1) is 16.6. The van der Waals surface area contributed by atoms with Gasteiger partial charge in [-0.25, -0.2) is 0 Å². The highest BCUT2D eigenvalue weighted by Crippen LogP contribution is 2.38. The van der Waals surface area contributed by atoms with Crippen molar-refractivity contribution < 1.29 is 31.5 Å². The quantitative estimate of drug-likeness (QED) is 0.496. The van der Waals surface area contributed by atoms with E-state index in [4.69, 9.17) is 0 Å². The number of nitrogens with zero attached hydrogens (tertiary/aromatic N) is 2. The van der Waals surface area contributed by atoms with Crippen LogP contribution < -0.4 is 10.1 Å². The van der Waals surface area contributed by atoms with Gasteiger partial charge in [-0.3, -0.25) is 9.78 Å². The summed E-state index contributed by atoms with van der Waals surface area (Å²) in [6.07, 6.45) is -0.991. The van der Waals surface area contributed by atoms with Crippen LogP contribution in [-0.4, -0.2) is 53.2 Å². The van der Waals surface area contributed by atoms with Gasteiger partial charge in [-0.2, -0.15) is 33.7 Å². The molecular weight excluding hydrogens is 489 g/mol. The monoisotopic (exact) mass is 515 g/mol. The number of fused-ring (bicyclic) bond motifs is 1. The second kappa shape index (κ2) is 10.6. The van der Waals surface area contributed by atoms with Crippen molar-refractivity contribution >= 4 is 23.4 Å². The Labute approximate surface area is 204 Å². The molecule has 0 saturated carbocycles. The molecule has 0 bridgehead atoms. The summed E-state index contributed by atoms with van der Waals surface area (Å²) in [7, 11) is 1.19. The topological polar surface area (TPSA) is 54.5 Å². The first-order valence-corrected chi connectivity index (χ1v) is 12.5. The molecule has 2 aliphatic rings. The summed E-state index contributed by atoms with van der Waals surface area (Å²) in [5.74, 6) is 0.725. The largest absolute Gasteiger partial charge is 0.435 e. The van der Waals surface area contributed by atoms with Crippen LogP contribution in [0.25, 0.3) is 0 Å². The van der Waals surface area contributed by atoms with E-state index >= 15 is 0 Å². The third-order valence-corrected chi connectivity index (χ3v) is 7.44. The van der Waals surface area contributed by atoms with E-state index in [0.29, 0.717) is 31.4 Å². The van der Waals surface area contributed by atoms with E-state index in [1.54, 1.807) is 23.9 Å². The molecule has 11 heteroatoms. The summed E-state index contributed by atoms with van der Waals surface area (Å²) in [5, 5.41) is 3.24. The molecule has 1 aliphatic carbocycles. The molecule has 1 fully saturated rings. The Hall–Kier alpha value is -2.56. The SMILES string of the molecule is CN(C(=O)C1CCSCC1)C(c1ccc(NC2Cc3ccc(OC(F)F)cc3C2)cn1)C(F)(F)F. The third kappa shape index (κ3) is 6.17. The van der Waals surface area contributed by atoms with E-state index in [2.05, 4.69) is 15.0 Å². The van der Waals surface area contributed by atoms with Gasteiger partial charge < -0.3 is 15.0 Å². The number of nitrogens with one attached hydrogen (secondary N) is 1. The van der Waals surface area contributed by atoms with E-state index in [-0.39, 0.29) is 17.5 Å². The summed E-state index contributed by atoms with van der Waals surface area (Å²) >= 11 is 1.70. The van der Waals surface area contributed by atoms with Gasteiger partial charge in [0, 0.05) is 19.0 Å². The molecule has 5 nitrogen and oxygen atoms in total. The minimum Gasteiger partial charge on any atom is -0.435 e. The van der Waals surface area contributed by atoms with Crippen LogP contribution in [0.1, 0.15) is 35.7 Å². The number of rotatable bonds is 7. The molecule has 35 heavy (non-hydrogen) atoms. The molecule has 0 spiro atoms. The predicted molar refractivity (Wildman–Crippen MR) is 124 cm³/mol. The second-order valence-corrected chi connectivity index (χ2v) is 10.0. The number of anilines is 1. The van der Waals surface area contributed by atoms with Gasteiger partial charge >= 0.3 is 12.8 Å². The maximum absolute atomic E-state index is 14.0. The van der Waals surface area contributed by atoms with Crippen LogP contribution >= 0.6 is 11.8 Å². The van der Waals surface area contributed by atoms with Gasteiger partial charge in [0.2, 0.25) is 5.91 Å². The minimum atomic E-state index is -4.67. The van der Waals surface area contributed by atoms with Crippen LogP contribution in [0.4, 0.5) is 27.6 Å². The van der Waals surface area contributed by atoms with Crippen molar-refractivity contribution in [3.63, 3.8) is 0 Å². The summed E-state index contributed by atoms with van der Waals surface area (Å²) in [6.45, 7) is -2.90. The molecule has 1 aromatic heterocycles. The van der Waals surface area contributed by atoms with Crippen molar-refractivity contribution in [3.05, 3.63) is 53.3 Å². The molecule has 1 saturated heterocycles. The minimum absolute atomic E-state index is 0.0636. The number of alkyl halides is 5. The van der Waals surface area contributed by atoms with E-state index in [1.165, 1.54) is 31.4 Å². The molecule has 2 heterocycles. The normalized spacial score (nSPS) is 19.3. The Balaban J connectivity index is 1.43. The van der Waals surface area contributed by atoms with Gasteiger partial charge in [0.25, 0.3) is 0 Å². The molecule has 2 atom stereocenters. The molecule has 1 aromatic carbocycles. The fraction of sp³-hybridized carbons (Fsp3) is 0.500. The summed E-state index contributed by atoms with van der Waals surface area (Å²) in [5.41, 5.74) is 2.16. The third-order valence-electron chi connectivity index (χ3n) is 6.39. The molecule has 0 radical (unpaired) electrons. The maximum Gasteiger partial charge on any atom is 0.414 e. The lowest BCUT2D eigenvalue weighted by atomic mass is 9.99. The van der Waals surface area contributed by atoms with Gasteiger partial charge in [0.1, 0.15) is 5.75 Å². The molecule has 1 N–H and O–H groups in total. The number of benzene rings is 1. The average molecular weight is 516 g/mol. The standard InChI is InChI=1S/C24H26F5N3O2S/c1-32(22(33)14-6-8-35-9-7-14)21(24(27,28)29)20-5-3-17(13-30-20)31-18-10-15-2-4-19(34-23(25)26)12-16(15)11-18/h2-5,12-14,18,21,23,31H,6-11H2,1H3. The lowest BCUT2D eigenvalue weighted by Crippen LogP contribution is -2.43. The molecule has 1 amide bonds. The predicted octanol–water partition coefficient (Wildman–Crippen LogP) is 5.47. The zero-order valence-corrected chi connectivity index (χ0v) is 19.8. The van der Waals surface area contributed by atoms with Gasteiger partial charge in [-0.05, 0) is 72.6 Å². The van der Waals surface area contributed by atoms with Gasteiger partial charge in [-0.15, -0.1) is 0 Å². The number of hydrogen-bond donors (Lipinski definition) is 1. The Bertz CT molecular complexity index is 1030. The van der Waals surface area contributed by atoms with Crippen LogP contribution in [0, 0.1) is 5.92 Å². The van der Waals surface area contributed by atoms with Crippen LogP contribution in [0.15, 0.2) is 36.5 Å². The van der Waals surface area contributed by atoms with E-state index in [0.717, 1.165) is 27.5 Å². The number of amides is 1.